The van der Waals surface area contributed by atoms with Gasteiger partial charge in [-0.2, -0.15) is 0 Å². The molecule has 1 rings (SSSR count). The molecule has 0 aromatic heterocycles. The van der Waals surface area contributed by atoms with Crippen LogP contribution in [0.15, 0.2) is 18.2 Å². The second kappa shape index (κ2) is 6.10. The van der Waals surface area contributed by atoms with E-state index in [0.717, 1.165) is 11.1 Å². The van der Waals surface area contributed by atoms with E-state index in [4.69, 9.17) is 10.6 Å². The molecular weight excluding hydrogens is 219 g/mol. The van der Waals surface area contributed by atoms with Crippen molar-refractivity contribution >= 4 is 0 Å². The maximum Gasteiger partial charge on any atom is 0.123 e. The zero-order valence-corrected chi connectivity index (χ0v) is 10.8. The molecule has 0 saturated carbocycles. The van der Waals surface area contributed by atoms with Crippen molar-refractivity contribution in [2.24, 2.45) is 11.8 Å². The number of aryl methyl sites for hydroxylation is 1. The lowest BCUT2D eigenvalue weighted by molar-refractivity contribution is 0.0324. The maximum absolute atomic E-state index is 13.3. The predicted molar refractivity (Wildman–Crippen MR) is 66.8 cm³/mol. The van der Waals surface area contributed by atoms with E-state index in [1.165, 1.54) is 12.1 Å². The Labute approximate surface area is 102 Å². The van der Waals surface area contributed by atoms with Crippen LogP contribution in [0.3, 0.4) is 0 Å². The first-order valence-corrected chi connectivity index (χ1v) is 5.76. The lowest BCUT2D eigenvalue weighted by Gasteiger charge is -2.29. The van der Waals surface area contributed by atoms with E-state index >= 15 is 0 Å². The third kappa shape index (κ3) is 3.25. The van der Waals surface area contributed by atoms with Crippen molar-refractivity contribution in [3.63, 3.8) is 0 Å². The Morgan fingerprint density at radius 1 is 1.35 bits per heavy atom. The third-order valence-electron chi connectivity index (χ3n) is 3.01. The van der Waals surface area contributed by atoms with Crippen molar-refractivity contribution in [1.82, 2.24) is 5.43 Å². The SMILES string of the molecule is COC(C(C)C)C(NN)c1cc(F)ccc1C. The quantitative estimate of drug-likeness (QED) is 0.613. The van der Waals surface area contributed by atoms with Crippen molar-refractivity contribution in [1.29, 1.82) is 0 Å². The highest BCUT2D eigenvalue weighted by Crippen LogP contribution is 2.26. The van der Waals surface area contributed by atoms with Gasteiger partial charge in [0.05, 0.1) is 12.1 Å². The highest BCUT2D eigenvalue weighted by Gasteiger charge is 2.26. The van der Waals surface area contributed by atoms with Crippen LogP contribution < -0.4 is 11.3 Å². The molecule has 0 heterocycles. The Balaban J connectivity index is 3.11. The fourth-order valence-electron chi connectivity index (χ4n) is 2.10. The Bertz CT molecular complexity index is 368. The highest BCUT2D eigenvalue weighted by atomic mass is 19.1. The molecule has 1 aromatic rings. The summed E-state index contributed by atoms with van der Waals surface area (Å²) in [6.07, 6.45) is -0.0968. The Morgan fingerprint density at radius 3 is 2.47 bits per heavy atom. The summed E-state index contributed by atoms with van der Waals surface area (Å²) in [4.78, 5) is 0. The van der Waals surface area contributed by atoms with Crippen molar-refractivity contribution in [3.8, 4) is 0 Å². The van der Waals surface area contributed by atoms with E-state index in [1.54, 1.807) is 13.2 Å². The summed E-state index contributed by atoms with van der Waals surface area (Å²) in [5, 5.41) is 0. The first kappa shape index (κ1) is 14.1. The van der Waals surface area contributed by atoms with Gasteiger partial charge in [-0.25, -0.2) is 4.39 Å². The average molecular weight is 240 g/mol. The number of hydrogen-bond acceptors (Lipinski definition) is 3. The lowest BCUT2D eigenvalue weighted by atomic mass is 9.91. The summed E-state index contributed by atoms with van der Waals surface area (Å²) < 4.78 is 18.8. The highest BCUT2D eigenvalue weighted by molar-refractivity contribution is 5.30. The molecule has 0 bridgehead atoms. The number of hydrazine groups is 1. The van der Waals surface area contributed by atoms with Gasteiger partial charge in [-0.05, 0) is 36.1 Å². The summed E-state index contributed by atoms with van der Waals surface area (Å²) in [6, 6.07) is 4.50. The van der Waals surface area contributed by atoms with Gasteiger partial charge in [0.2, 0.25) is 0 Å². The first-order chi connectivity index (χ1) is 8.01. The van der Waals surface area contributed by atoms with Crippen molar-refractivity contribution in [2.45, 2.75) is 32.9 Å². The van der Waals surface area contributed by atoms with E-state index in [-0.39, 0.29) is 23.9 Å². The third-order valence-corrected chi connectivity index (χ3v) is 3.01. The molecule has 0 aliphatic heterocycles. The van der Waals surface area contributed by atoms with Crippen LogP contribution in [0, 0.1) is 18.7 Å². The normalized spacial score (nSPS) is 15.0. The topological polar surface area (TPSA) is 47.3 Å². The summed E-state index contributed by atoms with van der Waals surface area (Å²) in [6.45, 7) is 6.03. The molecule has 2 atom stereocenters. The first-order valence-electron chi connectivity index (χ1n) is 5.76. The number of halogens is 1. The second-order valence-electron chi connectivity index (χ2n) is 4.59. The minimum Gasteiger partial charge on any atom is -0.379 e. The van der Waals surface area contributed by atoms with Crippen LogP contribution in [0.1, 0.15) is 31.0 Å². The Morgan fingerprint density at radius 2 is 2.00 bits per heavy atom. The van der Waals surface area contributed by atoms with Gasteiger partial charge < -0.3 is 4.74 Å². The smallest absolute Gasteiger partial charge is 0.123 e. The molecule has 0 aliphatic rings. The summed E-state index contributed by atoms with van der Waals surface area (Å²) in [5.74, 6) is 5.61. The van der Waals surface area contributed by atoms with Gasteiger partial charge in [-0.1, -0.05) is 19.9 Å². The van der Waals surface area contributed by atoms with Gasteiger partial charge in [0, 0.05) is 7.11 Å². The van der Waals surface area contributed by atoms with Gasteiger partial charge >= 0.3 is 0 Å². The molecular formula is C13H21FN2O. The zero-order valence-electron chi connectivity index (χ0n) is 10.8. The number of nitrogens with two attached hydrogens (primary N) is 1. The molecule has 4 heteroatoms. The van der Waals surface area contributed by atoms with Gasteiger partial charge in [0.1, 0.15) is 5.82 Å². The zero-order chi connectivity index (χ0) is 13.0. The minimum absolute atomic E-state index is 0.0968. The molecule has 0 radical (unpaired) electrons. The van der Waals surface area contributed by atoms with Crippen molar-refractivity contribution in [3.05, 3.63) is 35.1 Å². The molecule has 2 unspecified atom stereocenters. The molecule has 0 aliphatic carbocycles. The summed E-state index contributed by atoms with van der Waals surface area (Å²) in [7, 11) is 1.64. The monoisotopic (exact) mass is 240 g/mol. The number of ether oxygens (including phenoxy) is 1. The Hall–Kier alpha value is -0.970. The van der Waals surface area contributed by atoms with Crippen molar-refractivity contribution in [2.75, 3.05) is 7.11 Å². The van der Waals surface area contributed by atoms with Gasteiger partial charge in [-0.15, -0.1) is 0 Å². The molecule has 0 fully saturated rings. The summed E-state index contributed by atoms with van der Waals surface area (Å²) >= 11 is 0. The maximum atomic E-state index is 13.3. The second-order valence-corrected chi connectivity index (χ2v) is 4.59. The molecule has 17 heavy (non-hydrogen) atoms. The van der Waals surface area contributed by atoms with Crippen molar-refractivity contribution < 1.29 is 9.13 Å². The number of benzene rings is 1. The number of hydrogen-bond donors (Lipinski definition) is 2. The van der Waals surface area contributed by atoms with Crippen LogP contribution in [0.5, 0.6) is 0 Å². The standard InChI is InChI=1S/C13H21FN2O/c1-8(2)13(17-4)12(16-15)11-7-10(14)6-5-9(11)3/h5-8,12-13,16H,15H2,1-4H3. The van der Waals surface area contributed by atoms with Gasteiger partial charge in [-0.3, -0.25) is 11.3 Å². The van der Waals surface area contributed by atoms with Gasteiger partial charge in [0.25, 0.3) is 0 Å². The molecule has 3 N–H and O–H groups in total. The van der Waals surface area contributed by atoms with Crippen LogP contribution in [0.2, 0.25) is 0 Å². The van der Waals surface area contributed by atoms with E-state index < -0.39 is 0 Å². The van der Waals surface area contributed by atoms with Crippen LogP contribution in [-0.4, -0.2) is 13.2 Å². The van der Waals surface area contributed by atoms with E-state index in [2.05, 4.69) is 5.43 Å². The average Bonchev–Trinajstić information content (AvgIpc) is 2.28. The largest absolute Gasteiger partial charge is 0.379 e. The van der Waals surface area contributed by atoms with Gasteiger partial charge in [0.15, 0.2) is 0 Å². The molecule has 0 spiro atoms. The molecule has 96 valence electrons. The predicted octanol–water partition coefficient (Wildman–Crippen LogP) is 2.31. The van der Waals surface area contributed by atoms with E-state index in [0.29, 0.717) is 0 Å². The lowest BCUT2D eigenvalue weighted by Crippen LogP contribution is -2.40. The summed E-state index contributed by atoms with van der Waals surface area (Å²) in [5.41, 5.74) is 4.57. The molecule has 1 aromatic carbocycles. The number of nitrogens with one attached hydrogen (secondary N) is 1. The number of methoxy groups -OCH3 is 1. The van der Waals surface area contributed by atoms with Crippen LogP contribution in [0.25, 0.3) is 0 Å². The molecule has 0 saturated heterocycles. The fourth-order valence-corrected chi connectivity index (χ4v) is 2.10. The van der Waals surface area contributed by atoms with Crippen LogP contribution >= 0.6 is 0 Å². The van der Waals surface area contributed by atoms with E-state index in [1.807, 2.05) is 20.8 Å². The van der Waals surface area contributed by atoms with Crippen LogP contribution in [-0.2, 0) is 4.74 Å². The number of rotatable bonds is 5. The Kier molecular flexibility index (Phi) is 5.05. The molecule has 0 amide bonds. The minimum atomic E-state index is -0.260. The fraction of sp³-hybridized carbons (Fsp3) is 0.538. The molecule has 3 nitrogen and oxygen atoms in total. The van der Waals surface area contributed by atoms with E-state index in [9.17, 15) is 4.39 Å². The van der Waals surface area contributed by atoms with Crippen LogP contribution in [0.4, 0.5) is 4.39 Å².